The maximum atomic E-state index is 12.7. The zero-order valence-electron chi connectivity index (χ0n) is 24.0. The Morgan fingerprint density at radius 2 is 1.85 bits per heavy atom. The lowest BCUT2D eigenvalue weighted by atomic mass is 9.55. The summed E-state index contributed by atoms with van der Waals surface area (Å²) >= 11 is 0. The van der Waals surface area contributed by atoms with E-state index in [2.05, 4.69) is 6.92 Å². The van der Waals surface area contributed by atoms with Crippen molar-refractivity contribution >= 4 is 17.9 Å². The molecule has 0 radical (unpaired) electrons. The van der Waals surface area contributed by atoms with Crippen LogP contribution in [0, 0.1) is 23.7 Å². The van der Waals surface area contributed by atoms with Gasteiger partial charge in [-0.1, -0.05) is 6.92 Å². The number of ether oxygens (including phenoxy) is 6. The number of aliphatic hydroxyl groups excluding tert-OH is 1. The van der Waals surface area contributed by atoms with Gasteiger partial charge in [-0.15, -0.1) is 0 Å². The van der Waals surface area contributed by atoms with Gasteiger partial charge in [-0.3, -0.25) is 9.59 Å². The van der Waals surface area contributed by atoms with E-state index in [0.29, 0.717) is 12.0 Å². The Hall–Kier alpha value is -2.05. The molecule has 224 valence electrons. The fourth-order valence-corrected chi connectivity index (χ4v) is 10.9. The second-order valence-corrected chi connectivity index (χ2v) is 14.5. The van der Waals surface area contributed by atoms with Crippen LogP contribution >= 0.6 is 0 Å². The number of fused-ring (bicyclic) bond motifs is 1. The van der Waals surface area contributed by atoms with Crippen molar-refractivity contribution in [1.29, 1.82) is 0 Å². The number of hydrogen-bond acceptors (Lipinski definition) is 11. The highest BCUT2D eigenvalue weighted by Gasteiger charge is 2.91. The number of carbonyl (C=O) groups excluding carboxylic acids is 3. The molecule has 11 heteroatoms. The maximum Gasteiger partial charge on any atom is 0.334 e. The zero-order chi connectivity index (χ0) is 29.1. The molecular weight excluding hydrogens is 536 g/mol. The number of aliphatic hydroxyl groups is 2. The largest absolute Gasteiger partial charge is 0.459 e. The van der Waals surface area contributed by atoms with Gasteiger partial charge in [0, 0.05) is 43.1 Å². The van der Waals surface area contributed by atoms with E-state index in [0.717, 1.165) is 0 Å². The summed E-state index contributed by atoms with van der Waals surface area (Å²) in [7, 11) is 0. The quantitative estimate of drug-likeness (QED) is 0.277. The Morgan fingerprint density at radius 1 is 1.10 bits per heavy atom. The van der Waals surface area contributed by atoms with Gasteiger partial charge in [0.25, 0.3) is 0 Å². The lowest BCUT2D eigenvalue weighted by Gasteiger charge is -2.56. The van der Waals surface area contributed by atoms with Gasteiger partial charge >= 0.3 is 17.9 Å². The smallest absolute Gasteiger partial charge is 0.334 e. The number of carbonyl (C=O) groups is 3. The lowest BCUT2D eigenvalue weighted by molar-refractivity contribution is -0.273. The fourth-order valence-electron chi connectivity index (χ4n) is 10.9. The molecule has 41 heavy (non-hydrogen) atoms. The normalized spacial score (nSPS) is 57.2. The van der Waals surface area contributed by atoms with E-state index in [1.165, 1.54) is 6.92 Å². The van der Waals surface area contributed by atoms with Gasteiger partial charge in [-0.05, 0) is 45.6 Å². The molecule has 3 saturated carbocycles. The molecule has 0 aromatic heterocycles. The van der Waals surface area contributed by atoms with Crippen LogP contribution in [0.5, 0.6) is 0 Å². The van der Waals surface area contributed by atoms with Crippen LogP contribution in [0.4, 0.5) is 0 Å². The van der Waals surface area contributed by atoms with Crippen LogP contribution in [0.2, 0.25) is 0 Å². The third kappa shape index (κ3) is 3.00. The minimum absolute atomic E-state index is 0.0272. The molecule has 0 unspecified atom stereocenters. The van der Waals surface area contributed by atoms with Gasteiger partial charge in [0.1, 0.15) is 41.2 Å². The Balaban J connectivity index is 1.26. The Bertz CT molecular complexity index is 1290. The Kier molecular flexibility index (Phi) is 5.00. The van der Waals surface area contributed by atoms with Gasteiger partial charge in [0.15, 0.2) is 0 Å². The number of rotatable bonds is 2. The van der Waals surface area contributed by atoms with E-state index in [1.807, 2.05) is 13.8 Å². The minimum atomic E-state index is -1.61. The molecule has 11 nitrogen and oxygen atoms in total. The second kappa shape index (κ2) is 7.72. The SMILES string of the molecule is CC(=O)O[C@@H]1C[C@]2(O)C[C@]34OC(=O)C[C@H]3OC(C)(C)[C@@H]4C[C@@H](O)[C@H]2[C@]23O[C@H]2C[C@@H]2[C@H](C)[C@H]([C@@H]4C=C(C)C(=O)O4)O[C@]213. The van der Waals surface area contributed by atoms with Crippen LogP contribution in [0.3, 0.4) is 0 Å². The van der Waals surface area contributed by atoms with E-state index >= 15 is 0 Å². The molecule has 8 rings (SSSR count). The predicted octanol–water partition coefficient (Wildman–Crippen LogP) is 1.11. The summed E-state index contributed by atoms with van der Waals surface area (Å²) in [5.41, 5.74) is -5.22. The highest BCUT2D eigenvalue weighted by atomic mass is 16.7. The molecule has 0 aromatic carbocycles. The maximum absolute atomic E-state index is 12.7. The Morgan fingerprint density at radius 3 is 2.54 bits per heavy atom. The monoisotopic (exact) mass is 574 g/mol. The Labute approximate surface area is 237 Å². The minimum Gasteiger partial charge on any atom is -0.459 e. The first kappa shape index (κ1) is 26.6. The second-order valence-electron chi connectivity index (χ2n) is 14.5. The van der Waals surface area contributed by atoms with Gasteiger partial charge < -0.3 is 38.6 Å². The molecule has 14 atom stereocenters. The van der Waals surface area contributed by atoms with Crippen molar-refractivity contribution in [2.75, 3.05) is 0 Å². The molecule has 5 aliphatic heterocycles. The van der Waals surface area contributed by atoms with E-state index in [4.69, 9.17) is 28.4 Å². The molecule has 2 N–H and O–H groups in total. The van der Waals surface area contributed by atoms with Crippen LogP contribution in [0.15, 0.2) is 11.6 Å². The van der Waals surface area contributed by atoms with Crippen molar-refractivity contribution in [2.45, 2.75) is 131 Å². The summed E-state index contributed by atoms with van der Waals surface area (Å²) in [5, 5.41) is 24.8. The number of epoxide rings is 1. The molecule has 0 bridgehead atoms. The van der Waals surface area contributed by atoms with Crippen molar-refractivity contribution in [3.05, 3.63) is 11.6 Å². The summed E-state index contributed by atoms with van der Waals surface area (Å²) in [6.45, 7) is 8.96. The summed E-state index contributed by atoms with van der Waals surface area (Å²) < 4.78 is 37.6. The fraction of sp³-hybridized carbons (Fsp3) is 0.833. The third-order valence-corrected chi connectivity index (χ3v) is 12.1. The molecule has 8 aliphatic rings. The highest BCUT2D eigenvalue weighted by Crippen LogP contribution is 2.76. The van der Waals surface area contributed by atoms with E-state index in [9.17, 15) is 24.6 Å². The summed E-state index contributed by atoms with van der Waals surface area (Å²) in [6, 6.07) is 0. The average Bonchev–Trinajstić information content (AvgIpc) is 3.03. The van der Waals surface area contributed by atoms with Crippen molar-refractivity contribution in [1.82, 2.24) is 0 Å². The molecule has 4 saturated heterocycles. The first-order chi connectivity index (χ1) is 19.2. The van der Waals surface area contributed by atoms with E-state index in [-0.39, 0.29) is 61.5 Å². The summed E-state index contributed by atoms with van der Waals surface area (Å²) in [5.74, 6) is -2.66. The van der Waals surface area contributed by atoms with Gasteiger partial charge in [0.2, 0.25) is 0 Å². The molecule has 7 fully saturated rings. The first-order valence-electron chi connectivity index (χ1n) is 14.9. The van der Waals surface area contributed by atoms with Crippen molar-refractivity contribution in [3.8, 4) is 0 Å². The first-order valence-corrected chi connectivity index (χ1v) is 14.9. The van der Waals surface area contributed by atoms with Gasteiger partial charge in [0.05, 0.1) is 29.8 Å². The number of cyclic esters (lactones) is 1. The standard InChI is InChI=1S/C30H38O11/c1-12-6-17(37-25(12)34)23-13(2)15-7-20-30(39-20)24-16(32)8-18-26(4,5)38-19-9-22(33)40-28(18,19)11-27(24,35)10-21(36-14(3)31)29(15,30)41-23/h6,13,15-21,23-24,32,35H,7-11H2,1-5H3/t13-,15+,16+,17-,18-,19+,20-,21+,23+,24+,27-,28+,29+,30+/m0/s1. The van der Waals surface area contributed by atoms with E-state index in [1.54, 1.807) is 13.0 Å². The molecule has 0 aromatic rings. The van der Waals surface area contributed by atoms with Crippen LogP contribution < -0.4 is 0 Å². The van der Waals surface area contributed by atoms with Gasteiger partial charge in [-0.25, -0.2) is 4.79 Å². The molecule has 5 heterocycles. The molecular formula is C30H38O11. The topological polar surface area (TPSA) is 150 Å². The van der Waals surface area contributed by atoms with Crippen molar-refractivity contribution in [3.63, 3.8) is 0 Å². The summed E-state index contributed by atoms with van der Waals surface area (Å²) in [6.07, 6.45) is -1.23. The van der Waals surface area contributed by atoms with Crippen LogP contribution in [0.1, 0.15) is 66.7 Å². The molecule has 0 amide bonds. The zero-order valence-corrected chi connectivity index (χ0v) is 24.0. The lowest BCUT2D eigenvalue weighted by Crippen LogP contribution is -2.73. The van der Waals surface area contributed by atoms with Crippen LogP contribution in [-0.2, 0) is 42.8 Å². The average molecular weight is 575 g/mol. The summed E-state index contributed by atoms with van der Waals surface area (Å²) in [4.78, 5) is 37.5. The van der Waals surface area contributed by atoms with Crippen molar-refractivity contribution in [2.24, 2.45) is 23.7 Å². The number of esters is 3. The predicted molar refractivity (Wildman–Crippen MR) is 136 cm³/mol. The molecule has 3 spiro atoms. The van der Waals surface area contributed by atoms with Crippen molar-refractivity contribution < 1.29 is 53.0 Å². The number of hydrogen-bond donors (Lipinski definition) is 2. The van der Waals surface area contributed by atoms with Crippen LogP contribution in [-0.4, -0.2) is 92.8 Å². The third-order valence-electron chi connectivity index (χ3n) is 12.1. The van der Waals surface area contributed by atoms with E-state index < -0.39 is 70.4 Å². The van der Waals surface area contributed by atoms with Gasteiger partial charge in [-0.2, -0.15) is 0 Å². The highest BCUT2D eigenvalue weighted by molar-refractivity contribution is 5.90. The molecule has 3 aliphatic carbocycles. The van der Waals surface area contributed by atoms with Crippen LogP contribution in [0.25, 0.3) is 0 Å².